The van der Waals surface area contributed by atoms with Crippen molar-refractivity contribution in [3.63, 3.8) is 0 Å². The molecule has 0 bridgehead atoms. The van der Waals surface area contributed by atoms with Gasteiger partial charge in [0.15, 0.2) is 0 Å². The van der Waals surface area contributed by atoms with Gasteiger partial charge in [-0.1, -0.05) is 20.8 Å². The summed E-state index contributed by atoms with van der Waals surface area (Å²) in [6.45, 7) is 8.65. The zero-order chi connectivity index (χ0) is 15.8. The van der Waals surface area contributed by atoms with E-state index in [9.17, 15) is 0 Å². The Labute approximate surface area is 137 Å². The summed E-state index contributed by atoms with van der Waals surface area (Å²) >= 11 is 0. The lowest BCUT2D eigenvalue weighted by Gasteiger charge is -2.29. The van der Waals surface area contributed by atoms with Crippen molar-refractivity contribution in [2.24, 2.45) is 5.92 Å². The van der Waals surface area contributed by atoms with E-state index in [-0.39, 0.29) is 0 Å². The van der Waals surface area contributed by atoms with Crippen molar-refractivity contribution in [2.75, 3.05) is 19.8 Å². The molecule has 0 aromatic carbocycles. The van der Waals surface area contributed by atoms with Crippen LogP contribution in [-0.4, -0.2) is 40.8 Å². The van der Waals surface area contributed by atoms with Crippen molar-refractivity contribution in [3.05, 3.63) is 0 Å². The molecular weight excluding hydrogens is 296 g/mol. The number of hydrogen-bond donors (Lipinski definition) is 0. The van der Waals surface area contributed by atoms with Crippen LogP contribution in [0.4, 0.5) is 0 Å². The molecule has 0 amide bonds. The van der Waals surface area contributed by atoms with Gasteiger partial charge in [-0.3, -0.25) is 0 Å². The molecule has 1 aliphatic carbocycles. The summed E-state index contributed by atoms with van der Waals surface area (Å²) in [6, 6.07) is 0.869. The van der Waals surface area contributed by atoms with Crippen LogP contribution in [0, 0.1) is 5.92 Å². The summed E-state index contributed by atoms with van der Waals surface area (Å²) in [5.74, 6) is 0.832. The molecule has 0 aromatic rings. The zero-order valence-electron chi connectivity index (χ0n) is 14.6. The molecule has 0 spiro atoms. The average molecular weight is 331 g/mol. The lowest BCUT2D eigenvalue weighted by Crippen LogP contribution is -2.46. The Morgan fingerprint density at radius 3 is 2.18 bits per heavy atom. The average Bonchev–Trinajstić information content (AvgIpc) is 3.32. The number of ether oxygens (including phenoxy) is 1. The second-order valence-corrected chi connectivity index (χ2v) is 9.56. The Bertz CT molecular complexity index is 305. The summed E-state index contributed by atoms with van der Waals surface area (Å²) < 4.78 is 23.8. The van der Waals surface area contributed by atoms with Crippen molar-refractivity contribution in [2.45, 2.75) is 84.0 Å². The molecule has 130 valence electrons. The molecule has 5 heteroatoms. The van der Waals surface area contributed by atoms with Crippen LogP contribution in [0.1, 0.15) is 65.7 Å². The molecule has 2 rings (SSSR count). The van der Waals surface area contributed by atoms with Crippen LogP contribution in [0.3, 0.4) is 0 Å². The Balaban J connectivity index is 1.67. The maximum Gasteiger partial charge on any atom is 0.500 e. The molecule has 0 aromatic heterocycles. The van der Waals surface area contributed by atoms with E-state index in [1.165, 1.54) is 25.7 Å². The van der Waals surface area contributed by atoms with E-state index < -0.39 is 8.80 Å². The van der Waals surface area contributed by atoms with Crippen molar-refractivity contribution in [3.8, 4) is 0 Å². The van der Waals surface area contributed by atoms with Gasteiger partial charge in [-0.25, -0.2) is 0 Å². The maximum atomic E-state index is 6.17. The predicted octanol–water partition coefficient (Wildman–Crippen LogP) is 4.16. The summed E-state index contributed by atoms with van der Waals surface area (Å²) in [6.07, 6.45) is 9.45. The smallest absolute Gasteiger partial charge is 0.373 e. The summed E-state index contributed by atoms with van der Waals surface area (Å²) in [5, 5.41) is 0. The molecule has 3 unspecified atom stereocenters. The van der Waals surface area contributed by atoms with Crippen molar-refractivity contribution >= 4 is 8.80 Å². The third-order valence-electron chi connectivity index (χ3n) is 4.68. The first-order chi connectivity index (χ1) is 10.7. The normalized spacial score (nSPS) is 27.7. The third kappa shape index (κ3) is 5.60. The lowest BCUT2D eigenvalue weighted by atomic mass is 9.86. The van der Waals surface area contributed by atoms with E-state index in [0.29, 0.717) is 12.2 Å². The highest BCUT2D eigenvalue weighted by molar-refractivity contribution is 6.60. The second-order valence-electron chi connectivity index (χ2n) is 6.62. The number of epoxide rings is 1. The molecule has 2 aliphatic rings. The summed E-state index contributed by atoms with van der Waals surface area (Å²) in [4.78, 5) is 0. The van der Waals surface area contributed by atoms with Gasteiger partial charge in [0.1, 0.15) is 0 Å². The van der Waals surface area contributed by atoms with Gasteiger partial charge in [-0.15, -0.1) is 0 Å². The highest BCUT2D eigenvalue weighted by Crippen LogP contribution is 2.40. The zero-order valence-corrected chi connectivity index (χ0v) is 15.6. The quantitative estimate of drug-likeness (QED) is 0.306. The minimum Gasteiger partial charge on any atom is -0.373 e. The lowest BCUT2D eigenvalue weighted by molar-refractivity contribution is 0.0579. The van der Waals surface area contributed by atoms with Crippen molar-refractivity contribution in [1.29, 1.82) is 0 Å². The molecule has 1 saturated heterocycles. The summed E-state index contributed by atoms with van der Waals surface area (Å²) in [7, 11) is -2.43. The number of hydrogen-bond acceptors (Lipinski definition) is 4. The number of fused-ring (bicyclic) bond motifs is 1. The molecule has 2 fully saturated rings. The first-order valence-electron chi connectivity index (χ1n) is 9.30. The molecule has 0 radical (unpaired) electrons. The van der Waals surface area contributed by atoms with Crippen molar-refractivity contribution < 1.29 is 18.0 Å². The SMILES string of the molecule is CCCO[Si](CC)(OCCC)OCCCC1CCC2OC2C1. The Hall–Kier alpha value is 0.0569. The monoisotopic (exact) mass is 330 g/mol. The molecular formula is C17H34O4Si. The topological polar surface area (TPSA) is 40.2 Å². The van der Waals surface area contributed by atoms with E-state index in [1.807, 2.05) is 0 Å². The van der Waals surface area contributed by atoms with Gasteiger partial charge in [-0.05, 0) is 50.9 Å². The highest BCUT2D eigenvalue weighted by Gasteiger charge is 2.43. The van der Waals surface area contributed by atoms with Gasteiger partial charge in [0.25, 0.3) is 0 Å². The second kappa shape index (κ2) is 9.38. The molecule has 4 nitrogen and oxygen atoms in total. The fourth-order valence-electron chi connectivity index (χ4n) is 3.29. The van der Waals surface area contributed by atoms with Gasteiger partial charge in [0, 0.05) is 25.9 Å². The Kier molecular flexibility index (Phi) is 7.84. The van der Waals surface area contributed by atoms with Crippen LogP contribution < -0.4 is 0 Å². The minimum atomic E-state index is -2.43. The van der Waals surface area contributed by atoms with Gasteiger partial charge in [0.05, 0.1) is 12.2 Å². The fourth-order valence-corrected chi connectivity index (χ4v) is 5.64. The molecule has 1 saturated carbocycles. The van der Waals surface area contributed by atoms with Crippen LogP contribution in [0.15, 0.2) is 0 Å². The third-order valence-corrected chi connectivity index (χ3v) is 7.47. The Morgan fingerprint density at radius 1 is 0.909 bits per heavy atom. The molecule has 0 N–H and O–H groups in total. The van der Waals surface area contributed by atoms with Gasteiger partial charge in [0.2, 0.25) is 0 Å². The molecule has 22 heavy (non-hydrogen) atoms. The maximum absolute atomic E-state index is 6.17. The van der Waals surface area contributed by atoms with Gasteiger partial charge in [-0.2, -0.15) is 0 Å². The fraction of sp³-hybridized carbons (Fsp3) is 1.00. The van der Waals surface area contributed by atoms with E-state index in [2.05, 4.69) is 20.8 Å². The largest absolute Gasteiger partial charge is 0.500 e. The van der Waals surface area contributed by atoms with E-state index in [1.54, 1.807) is 0 Å². The van der Waals surface area contributed by atoms with E-state index in [0.717, 1.165) is 51.0 Å². The predicted molar refractivity (Wildman–Crippen MR) is 89.9 cm³/mol. The standard InChI is InChI=1S/C17H34O4Si/c1-4-11-18-22(6-3,19-12-5-2)20-13-7-8-15-9-10-16-17(14-15)21-16/h15-17H,4-14H2,1-3H3. The van der Waals surface area contributed by atoms with E-state index in [4.69, 9.17) is 18.0 Å². The number of rotatable bonds is 12. The highest BCUT2D eigenvalue weighted by atomic mass is 28.4. The van der Waals surface area contributed by atoms with Gasteiger partial charge >= 0.3 is 8.80 Å². The Morgan fingerprint density at radius 2 is 1.59 bits per heavy atom. The minimum absolute atomic E-state index is 0.588. The molecule has 1 heterocycles. The summed E-state index contributed by atoms with van der Waals surface area (Å²) in [5.41, 5.74) is 0. The van der Waals surface area contributed by atoms with Crippen LogP contribution in [-0.2, 0) is 18.0 Å². The van der Waals surface area contributed by atoms with E-state index >= 15 is 0 Å². The molecule has 1 aliphatic heterocycles. The van der Waals surface area contributed by atoms with Crippen LogP contribution in [0.2, 0.25) is 6.04 Å². The first kappa shape index (κ1) is 18.4. The first-order valence-corrected chi connectivity index (χ1v) is 11.2. The van der Waals surface area contributed by atoms with Gasteiger partial charge < -0.3 is 18.0 Å². The van der Waals surface area contributed by atoms with Crippen LogP contribution in [0.5, 0.6) is 0 Å². The van der Waals surface area contributed by atoms with Crippen LogP contribution in [0.25, 0.3) is 0 Å². The molecule has 3 atom stereocenters. The van der Waals surface area contributed by atoms with Crippen molar-refractivity contribution in [1.82, 2.24) is 0 Å². The van der Waals surface area contributed by atoms with Crippen LogP contribution >= 0.6 is 0 Å².